The van der Waals surface area contributed by atoms with E-state index < -0.39 is 10.0 Å². The number of hydrogen-bond acceptors (Lipinski definition) is 4. The summed E-state index contributed by atoms with van der Waals surface area (Å²) in [6.45, 7) is 13.8. The van der Waals surface area contributed by atoms with Crippen LogP contribution in [-0.2, 0) is 17.1 Å². The van der Waals surface area contributed by atoms with Crippen molar-refractivity contribution in [2.24, 2.45) is 18.9 Å². The fraction of sp³-hybridized carbons (Fsp3) is 0.762. The summed E-state index contributed by atoms with van der Waals surface area (Å²) in [6.07, 6.45) is 3.91. The maximum atomic E-state index is 12.8. The van der Waals surface area contributed by atoms with Gasteiger partial charge in [-0.05, 0) is 43.8 Å². The van der Waals surface area contributed by atoms with E-state index in [2.05, 4.69) is 31.0 Å². The summed E-state index contributed by atoms with van der Waals surface area (Å²) < 4.78 is 28.5. The Morgan fingerprint density at radius 2 is 1.83 bits per heavy atom. The third-order valence-corrected chi connectivity index (χ3v) is 8.10. The molecule has 0 radical (unpaired) electrons. The lowest BCUT2D eigenvalue weighted by atomic mass is 9.94. The second kappa shape index (κ2) is 10.1. The highest BCUT2D eigenvalue weighted by molar-refractivity contribution is 7.89. The number of piperidine rings is 1. The van der Waals surface area contributed by atoms with Gasteiger partial charge in [-0.25, -0.2) is 8.42 Å². The first-order chi connectivity index (χ1) is 13.6. The molecule has 0 aliphatic carbocycles. The summed E-state index contributed by atoms with van der Waals surface area (Å²) in [4.78, 5) is 15.5. The van der Waals surface area contributed by atoms with E-state index in [0.29, 0.717) is 31.2 Å². The lowest BCUT2D eigenvalue weighted by Crippen LogP contribution is -2.49. The van der Waals surface area contributed by atoms with Crippen LogP contribution < -0.4 is 5.32 Å². The number of carbonyl (C=O) groups is 1. The molecule has 29 heavy (non-hydrogen) atoms. The highest BCUT2D eigenvalue weighted by atomic mass is 32.2. The van der Waals surface area contributed by atoms with Crippen molar-refractivity contribution in [1.82, 2.24) is 19.1 Å². The van der Waals surface area contributed by atoms with E-state index in [9.17, 15) is 13.2 Å². The fourth-order valence-electron chi connectivity index (χ4n) is 4.05. The second-order valence-electron chi connectivity index (χ2n) is 8.50. The number of nitrogens with one attached hydrogen (secondary N) is 1. The van der Waals surface area contributed by atoms with Crippen LogP contribution in [0.15, 0.2) is 17.2 Å². The van der Waals surface area contributed by atoms with Gasteiger partial charge in [-0.2, -0.15) is 4.31 Å². The van der Waals surface area contributed by atoms with E-state index in [1.54, 1.807) is 11.6 Å². The van der Waals surface area contributed by atoms with E-state index in [1.165, 1.54) is 29.4 Å². The van der Waals surface area contributed by atoms with Crippen molar-refractivity contribution in [2.45, 2.75) is 58.4 Å². The molecule has 1 unspecified atom stereocenters. The topological polar surface area (TPSA) is 74.7 Å². The predicted molar refractivity (Wildman–Crippen MR) is 116 cm³/mol. The Morgan fingerprint density at radius 3 is 2.34 bits per heavy atom. The average molecular weight is 427 g/mol. The van der Waals surface area contributed by atoms with E-state index in [4.69, 9.17) is 0 Å². The monoisotopic (exact) mass is 426 g/mol. The number of aryl methyl sites for hydroxylation is 1. The number of carbonyl (C=O) groups excluding carboxylic acids is 1. The molecule has 1 aliphatic heterocycles. The molecule has 0 bridgehead atoms. The van der Waals surface area contributed by atoms with Crippen molar-refractivity contribution in [3.05, 3.63) is 18.0 Å². The van der Waals surface area contributed by atoms with Gasteiger partial charge in [0.05, 0.1) is 0 Å². The molecule has 1 aromatic heterocycles. The molecule has 1 atom stereocenters. The quantitative estimate of drug-likeness (QED) is 0.658. The van der Waals surface area contributed by atoms with Crippen LogP contribution in [0.2, 0.25) is 0 Å². The van der Waals surface area contributed by atoms with Crippen LogP contribution in [0.3, 0.4) is 0 Å². The minimum absolute atomic E-state index is 0.166. The molecule has 2 rings (SSSR count). The molecule has 1 aromatic rings. The number of likely N-dealkylation sites (tertiary alicyclic amines) is 1. The smallest absolute Gasteiger partial charge is 0.267 e. The zero-order chi connectivity index (χ0) is 21.8. The summed E-state index contributed by atoms with van der Waals surface area (Å²) in [5, 5.41) is 3.04. The van der Waals surface area contributed by atoms with Crippen LogP contribution in [0.4, 0.5) is 0 Å². The molecular weight excluding hydrogens is 388 g/mol. The standard InChI is InChI=1S/C21H38N4O3S/c1-7-25(8-2)29(27,28)18-13-19(23(6)15-18)21(26)22-14-20(16(3)4)24-11-9-17(5)10-12-24/h13,15-17,20H,7-12,14H2,1-6H3,(H,22,26). The van der Waals surface area contributed by atoms with Crippen LogP contribution in [0.25, 0.3) is 0 Å². The first-order valence-corrected chi connectivity index (χ1v) is 12.2. The molecule has 1 N–H and O–H groups in total. The van der Waals surface area contributed by atoms with Gasteiger partial charge in [-0.1, -0.05) is 34.6 Å². The average Bonchev–Trinajstić information content (AvgIpc) is 3.06. The fourth-order valence-corrected chi connectivity index (χ4v) is 5.58. The lowest BCUT2D eigenvalue weighted by molar-refractivity contribution is 0.0856. The van der Waals surface area contributed by atoms with Gasteiger partial charge in [0.1, 0.15) is 10.6 Å². The van der Waals surface area contributed by atoms with Crippen molar-refractivity contribution in [1.29, 1.82) is 0 Å². The Balaban J connectivity index is 2.09. The molecule has 166 valence electrons. The van der Waals surface area contributed by atoms with Crippen LogP contribution >= 0.6 is 0 Å². The largest absolute Gasteiger partial charge is 0.349 e. The number of aromatic nitrogens is 1. The number of amides is 1. The van der Waals surface area contributed by atoms with E-state index in [1.807, 2.05) is 13.8 Å². The van der Waals surface area contributed by atoms with E-state index in [0.717, 1.165) is 19.0 Å². The van der Waals surface area contributed by atoms with Gasteiger partial charge in [0, 0.05) is 38.9 Å². The van der Waals surface area contributed by atoms with Gasteiger partial charge in [-0.15, -0.1) is 0 Å². The molecule has 7 nitrogen and oxygen atoms in total. The van der Waals surface area contributed by atoms with Crippen LogP contribution in [0.1, 0.15) is 57.9 Å². The Kier molecular flexibility index (Phi) is 8.31. The summed E-state index contributed by atoms with van der Waals surface area (Å²) in [6, 6.07) is 1.77. The molecule has 0 aromatic carbocycles. The van der Waals surface area contributed by atoms with Crippen LogP contribution in [-0.4, -0.2) is 66.9 Å². The maximum Gasteiger partial charge on any atom is 0.267 e. The Bertz CT molecular complexity index is 776. The summed E-state index contributed by atoms with van der Waals surface area (Å²) in [5.74, 6) is 0.962. The zero-order valence-corrected chi connectivity index (χ0v) is 19.6. The minimum Gasteiger partial charge on any atom is -0.349 e. The Hall–Kier alpha value is -1.38. The van der Waals surface area contributed by atoms with Gasteiger partial charge in [0.25, 0.3) is 5.91 Å². The van der Waals surface area contributed by atoms with Crippen molar-refractivity contribution in [3.8, 4) is 0 Å². The first kappa shape index (κ1) is 23.9. The summed E-state index contributed by atoms with van der Waals surface area (Å²) >= 11 is 0. The SMILES string of the molecule is CCN(CC)S(=O)(=O)c1cc(C(=O)NCC(C(C)C)N2CCC(C)CC2)n(C)c1. The van der Waals surface area contributed by atoms with E-state index in [-0.39, 0.29) is 16.8 Å². The lowest BCUT2D eigenvalue weighted by Gasteiger charge is -2.38. The van der Waals surface area contributed by atoms with Crippen molar-refractivity contribution < 1.29 is 13.2 Å². The number of rotatable bonds is 9. The molecule has 1 saturated heterocycles. The summed E-state index contributed by atoms with van der Waals surface area (Å²) in [7, 11) is -1.87. The van der Waals surface area contributed by atoms with Gasteiger partial charge in [-0.3, -0.25) is 9.69 Å². The molecular formula is C21H38N4O3S. The number of hydrogen-bond donors (Lipinski definition) is 1. The molecule has 1 amide bonds. The van der Waals surface area contributed by atoms with Gasteiger partial charge in [0.15, 0.2) is 0 Å². The van der Waals surface area contributed by atoms with Crippen molar-refractivity contribution in [2.75, 3.05) is 32.7 Å². The molecule has 8 heteroatoms. The molecule has 0 spiro atoms. The number of nitrogens with zero attached hydrogens (tertiary/aromatic N) is 3. The number of sulfonamides is 1. The normalized spacial score (nSPS) is 17.8. The van der Waals surface area contributed by atoms with Crippen LogP contribution in [0.5, 0.6) is 0 Å². The Labute approximate surface area is 176 Å². The maximum absolute atomic E-state index is 12.8. The second-order valence-corrected chi connectivity index (χ2v) is 10.4. The zero-order valence-electron chi connectivity index (χ0n) is 18.8. The molecule has 0 saturated carbocycles. The van der Waals surface area contributed by atoms with Crippen molar-refractivity contribution in [3.63, 3.8) is 0 Å². The first-order valence-electron chi connectivity index (χ1n) is 10.8. The molecule has 2 heterocycles. The summed E-state index contributed by atoms with van der Waals surface area (Å²) in [5.41, 5.74) is 0.366. The highest BCUT2D eigenvalue weighted by Crippen LogP contribution is 2.22. The van der Waals surface area contributed by atoms with E-state index >= 15 is 0 Å². The Morgan fingerprint density at radius 1 is 1.24 bits per heavy atom. The van der Waals surface area contributed by atoms with Gasteiger partial charge >= 0.3 is 0 Å². The van der Waals surface area contributed by atoms with Gasteiger partial charge in [0.2, 0.25) is 10.0 Å². The van der Waals surface area contributed by atoms with Crippen LogP contribution in [0, 0.1) is 11.8 Å². The predicted octanol–water partition coefficient (Wildman–Crippen LogP) is 2.54. The third kappa shape index (κ3) is 5.61. The third-order valence-electron chi connectivity index (χ3n) is 6.08. The molecule has 1 aliphatic rings. The molecule has 1 fully saturated rings. The van der Waals surface area contributed by atoms with Crippen molar-refractivity contribution >= 4 is 15.9 Å². The highest BCUT2D eigenvalue weighted by Gasteiger charge is 2.28. The van der Waals surface area contributed by atoms with Gasteiger partial charge < -0.3 is 9.88 Å². The minimum atomic E-state index is -3.58.